The molecule has 3 N–H and O–H groups in total. The van der Waals surface area contributed by atoms with E-state index >= 15 is 0 Å². The van der Waals surface area contributed by atoms with Crippen LogP contribution in [-0.2, 0) is 0 Å². The van der Waals surface area contributed by atoms with E-state index in [9.17, 15) is 4.39 Å². The topological polar surface area (TPSA) is 38.0 Å². The molecule has 5 heteroatoms. The van der Waals surface area contributed by atoms with E-state index < -0.39 is 0 Å². The Labute approximate surface area is 130 Å². The van der Waals surface area contributed by atoms with Crippen molar-refractivity contribution in [3.05, 3.63) is 56.4 Å². The molecule has 2 nitrogen and oxygen atoms in total. The number of halogens is 3. The summed E-state index contributed by atoms with van der Waals surface area (Å²) in [6.07, 6.45) is 0. The van der Waals surface area contributed by atoms with Crippen LogP contribution in [0.3, 0.4) is 0 Å². The van der Waals surface area contributed by atoms with Crippen LogP contribution >= 0.6 is 34.2 Å². The molecular formula is C14H13ClFIN2. The molecule has 100 valence electrons. The Morgan fingerprint density at radius 1 is 1.32 bits per heavy atom. The van der Waals surface area contributed by atoms with Gasteiger partial charge in [0.05, 0.1) is 14.9 Å². The van der Waals surface area contributed by atoms with Crippen LogP contribution in [-0.4, -0.2) is 0 Å². The number of nitrogens with one attached hydrogen (secondary N) is 1. The van der Waals surface area contributed by atoms with E-state index in [-0.39, 0.29) is 11.9 Å². The highest BCUT2D eigenvalue weighted by Gasteiger charge is 2.10. The van der Waals surface area contributed by atoms with Crippen molar-refractivity contribution in [3.8, 4) is 0 Å². The van der Waals surface area contributed by atoms with E-state index in [0.29, 0.717) is 20.0 Å². The molecule has 0 heterocycles. The summed E-state index contributed by atoms with van der Waals surface area (Å²) in [6.45, 7) is 1.97. The number of nitrogens with two attached hydrogens (primary N) is 1. The monoisotopic (exact) mass is 390 g/mol. The standard InChI is InChI=1S/C14H13ClFIN2/c1-8(9-3-2-4-10(15)5-9)19-14-6-11(16)12(17)7-13(14)18/h2-8,19H,18H2,1H3. The summed E-state index contributed by atoms with van der Waals surface area (Å²) < 4.78 is 14.1. The van der Waals surface area contributed by atoms with Gasteiger partial charge in [0.15, 0.2) is 0 Å². The van der Waals surface area contributed by atoms with Gasteiger partial charge in [-0.25, -0.2) is 4.39 Å². The van der Waals surface area contributed by atoms with Crippen molar-refractivity contribution in [2.24, 2.45) is 0 Å². The molecule has 0 amide bonds. The quantitative estimate of drug-likeness (QED) is 0.581. The van der Waals surface area contributed by atoms with Gasteiger partial charge in [0.1, 0.15) is 5.82 Å². The second-order valence-electron chi connectivity index (χ2n) is 4.27. The van der Waals surface area contributed by atoms with Crippen LogP contribution in [0.5, 0.6) is 0 Å². The minimum atomic E-state index is -0.282. The van der Waals surface area contributed by atoms with E-state index in [0.717, 1.165) is 5.56 Å². The zero-order valence-corrected chi connectivity index (χ0v) is 13.2. The molecule has 0 fully saturated rings. The Morgan fingerprint density at radius 3 is 2.74 bits per heavy atom. The van der Waals surface area contributed by atoms with Crippen LogP contribution in [0.2, 0.25) is 5.02 Å². The number of nitrogen functional groups attached to an aromatic ring is 1. The maximum Gasteiger partial charge on any atom is 0.138 e. The molecule has 0 aliphatic heterocycles. The predicted octanol–water partition coefficient (Wildman–Crippen LogP) is 4.84. The van der Waals surface area contributed by atoms with Gasteiger partial charge in [-0.2, -0.15) is 0 Å². The third kappa shape index (κ3) is 3.51. The lowest BCUT2D eigenvalue weighted by Gasteiger charge is -2.18. The molecule has 0 saturated carbocycles. The fraction of sp³-hybridized carbons (Fsp3) is 0.143. The summed E-state index contributed by atoms with van der Waals surface area (Å²) in [5.74, 6) is -0.282. The molecule has 2 aromatic carbocycles. The smallest absolute Gasteiger partial charge is 0.138 e. The minimum Gasteiger partial charge on any atom is -0.397 e. The van der Waals surface area contributed by atoms with Crippen LogP contribution < -0.4 is 11.1 Å². The first-order valence-electron chi connectivity index (χ1n) is 5.74. The van der Waals surface area contributed by atoms with Crippen molar-refractivity contribution < 1.29 is 4.39 Å². The summed E-state index contributed by atoms with van der Waals surface area (Å²) in [7, 11) is 0. The first-order valence-corrected chi connectivity index (χ1v) is 7.19. The zero-order chi connectivity index (χ0) is 14.0. The van der Waals surface area contributed by atoms with Gasteiger partial charge < -0.3 is 11.1 Å². The van der Waals surface area contributed by atoms with Gasteiger partial charge in [0, 0.05) is 17.1 Å². The zero-order valence-electron chi connectivity index (χ0n) is 10.3. The molecule has 0 aliphatic carbocycles. The second kappa shape index (κ2) is 5.96. The first-order chi connectivity index (χ1) is 8.97. The number of rotatable bonds is 3. The Morgan fingerprint density at radius 2 is 2.05 bits per heavy atom. The SMILES string of the molecule is CC(Nc1cc(F)c(I)cc1N)c1cccc(Cl)c1. The third-order valence-electron chi connectivity index (χ3n) is 2.81. The number of hydrogen-bond donors (Lipinski definition) is 2. The number of anilines is 2. The summed E-state index contributed by atoms with van der Waals surface area (Å²) in [4.78, 5) is 0. The van der Waals surface area contributed by atoms with Gasteiger partial charge in [-0.3, -0.25) is 0 Å². The highest BCUT2D eigenvalue weighted by Crippen LogP contribution is 2.28. The van der Waals surface area contributed by atoms with Crippen LogP contribution in [0.1, 0.15) is 18.5 Å². The Kier molecular flexibility index (Phi) is 4.52. The summed E-state index contributed by atoms with van der Waals surface area (Å²) in [5.41, 5.74) is 8.02. The Hall–Kier alpha value is -1.01. The molecule has 0 aromatic heterocycles. The van der Waals surface area contributed by atoms with E-state index in [4.69, 9.17) is 17.3 Å². The van der Waals surface area contributed by atoms with Gasteiger partial charge >= 0.3 is 0 Å². The molecule has 0 saturated heterocycles. The van der Waals surface area contributed by atoms with Crippen molar-refractivity contribution in [1.82, 2.24) is 0 Å². The minimum absolute atomic E-state index is 0.0135. The molecular weight excluding hydrogens is 378 g/mol. The fourth-order valence-electron chi connectivity index (χ4n) is 1.78. The van der Waals surface area contributed by atoms with Crippen LogP contribution in [0.25, 0.3) is 0 Å². The first kappa shape index (κ1) is 14.4. The van der Waals surface area contributed by atoms with E-state index in [1.54, 1.807) is 6.07 Å². The van der Waals surface area contributed by atoms with Crippen molar-refractivity contribution in [2.75, 3.05) is 11.1 Å². The molecule has 19 heavy (non-hydrogen) atoms. The molecule has 1 atom stereocenters. The average molecular weight is 391 g/mol. The Bertz CT molecular complexity index is 604. The molecule has 0 spiro atoms. The van der Waals surface area contributed by atoms with Gasteiger partial charge in [0.25, 0.3) is 0 Å². The average Bonchev–Trinajstić information content (AvgIpc) is 2.36. The molecule has 2 rings (SSSR count). The molecule has 2 aromatic rings. The largest absolute Gasteiger partial charge is 0.397 e. The third-order valence-corrected chi connectivity index (χ3v) is 3.87. The maximum atomic E-state index is 13.6. The van der Waals surface area contributed by atoms with Crippen molar-refractivity contribution in [3.63, 3.8) is 0 Å². The number of benzene rings is 2. The number of hydrogen-bond acceptors (Lipinski definition) is 2. The lowest BCUT2D eigenvalue weighted by atomic mass is 10.1. The molecule has 0 radical (unpaired) electrons. The van der Waals surface area contributed by atoms with E-state index in [1.807, 2.05) is 53.8 Å². The normalized spacial score (nSPS) is 12.2. The Balaban J connectivity index is 2.24. The van der Waals surface area contributed by atoms with Crippen molar-refractivity contribution in [1.29, 1.82) is 0 Å². The molecule has 0 aliphatic rings. The molecule has 1 unspecified atom stereocenters. The predicted molar refractivity (Wildman–Crippen MR) is 87.0 cm³/mol. The summed E-state index contributed by atoms with van der Waals surface area (Å²) >= 11 is 7.87. The lowest BCUT2D eigenvalue weighted by Crippen LogP contribution is -2.09. The van der Waals surface area contributed by atoms with Crippen molar-refractivity contribution >= 4 is 45.6 Å². The summed E-state index contributed by atoms with van der Waals surface area (Å²) in [5, 5.41) is 3.87. The van der Waals surface area contributed by atoms with Gasteiger partial charge in [-0.15, -0.1) is 0 Å². The van der Waals surface area contributed by atoms with E-state index in [2.05, 4.69) is 5.32 Å². The van der Waals surface area contributed by atoms with Gasteiger partial charge in [0.2, 0.25) is 0 Å². The van der Waals surface area contributed by atoms with Crippen molar-refractivity contribution in [2.45, 2.75) is 13.0 Å². The molecule has 0 bridgehead atoms. The second-order valence-corrected chi connectivity index (χ2v) is 5.87. The highest BCUT2D eigenvalue weighted by molar-refractivity contribution is 14.1. The van der Waals surface area contributed by atoms with Gasteiger partial charge in [-0.05, 0) is 53.3 Å². The highest BCUT2D eigenvalue weighted by atomic mass is 127. The van der Waals surface area contributed by atoms with Crippen LogP contribution in [0.15, 0.2) is 36.4 Å². The van der Waals surface area contributed by atoms with Gasteiger partial charge in [-0.1, -0.05) is 23.7 Å². The fourth-order valence-corrected chi connectivity index (χ4v) is 2.47. The lowest BCUT2D eigenvalue weighted by molar-refractivity contribution is 0.620. The van der Waals surface area contributed by atoms with Crippen LogP contribution in [0.4, 0.5) is 15.8 Å². The maximum absolute atomic E-state index is 13.6. The van der Waals surface area contributed by atoms with E-state index in [1.165, 1.54) is 6.07 Å². The summed E-state index contributed by atoms with van der Waals surface area (Å²) in [6, 6.07) is 10.5. The van der Waals surface area contributed by atoms with Crippen LogP contribution in [0, 0.1) is 9.39 Å².